The maximum atomic E-state index is 10.9. The van der Waals surface area contributed by atoms with Gasteiger partial charge in [-0.2, -0.15) is 0 Å². The zero-order chi connectivity index (χ0) is 11.4. The van der Waals surface area contributed by atoms with E-state index in [1.165, 1.54) is 0 Å². The Morgan fingerprint density at radius 3 is 2.60 bits per heavy atom. The first-order valence-electron chi connectivity index (χ1n) is 4.73. The molecule has 1 aromatic carbocycles. The minimum atomic E-state index is -0.932. The third-order valence-electron chi connectivity index (χ3n) is 2.18. The molecule has 3 nitrogen and oxygen atoms in total. The highest BCUT2D eigenvalue weighted by molar-refractivity contribution is 5.90. The summed E-state index contributed by atoms with van der Waals surface area (Å²) in [5.74, 6) is -0.420. The zero-order valence-corrected chi connectivity index (χ0v) is 8.91. The number of aromatic carboxylic acids is 1. The van der Waals surface area contributed by atoms with E-state index in [1.807, 2.05) is 6.92 Å². The first kappa shape index (κ1) is 11.3. The van der Waals surface area contributed by atoms with Crippen LogP contribution in [0.5, 0.6) is 0 Å². The van der Waals surface area contributed by atoms with E-state index < -0.39 is 5.97 Å². The first-order chi connectivity index (χ1) is 7.07. The minimum absolute atomic E-state index is 0.286. The van der Waals surface area contributed by atoms with Gasteiger partial charge in [-0.15, -0.1) is 0 Å². The van der Waals surface area contributed by atoms with Gasteiger partial charge in [0.2, 0.25) is 0 Å². The summed E-state index contributed by atoms with van der Waals surface area (Å²) in [5.41, 5.74) is 1.72. The van der Waals surface area contributed by atoms with Crippen molar-refractivity contribution in [1.29, 1.82) is 0 Å². The van der Waals surface area contributed by atoms with E-state index in [4.69, 9.17) is 9.84 Å². The summed E-state index contributed by atoms with van der Waals surface area (Å²) in [5, 5.41) is 8.93. The quantitative estimate of drug-likeness (QED) is 0.770. The number of rotatable bonds is 4. The van der Waals surface area contributed by atoms with E-state index in [0.717, 1.165) is 5.56 Å². The van der Waals surface area contributed by atoms with Gasteiger partial charge in [0.05, 0.1) is 12.2 Å². The fourth-order valence-electron chi connectivity index (χ4n) is 1.42. The van der Waals surface area contributed by atoms with Gasteiger partial charge in [0.1, 0.15) is 5.76 Å². The number of carboxylic acid groups (broad SMARTS) is 1. The van der Waals surface area contributed by atoms with Gasteiger partial charge in [-0.3, -0.25) is 0 Å². The van der Waals surface area contributed by atoms with Gasteiger partial charge in [0.25, 0.3) is 0 Å². The van der Waals surface area contributed by atoms with Crippen LogP contribution in [0.25, 0.3) is 5.76 Å². The van der Waals surface area contributed by atoms with Crippen LogP contribution in [0.15, 0.2) is 24.8 Å². The average molecular weight is 206 g/mol. The number of hydrogen-bond donors (Lipinski definition) is 1. The second kappa shape index (κ2) is 4.64. The third-order valence-corrected chi connectivity index (χ3v) is 2.18. The Kier molecular flexibility index (Phi) is 3.50. The summed E-state index contributed by atoms with van der Waals surface area (Å²) in [7, 11) is 0. The molecule has 0 fully saturated rings. The average Bonchev–Trinajstić information content (AvgIpc) is 2.17. The van der Waals surface area contributed by atoms with Crippen molar-refractivity contribution in [3.63, 3.8) is 0 Å². The van der Waals surface area contributed by atoms with E-state index in [-0.39, 0.29) is 5.56 Å². The predicted octanol–water partition coefficient (Wildman–Crippen LogP) is 2.70. The molecule has 0 saturated carbocycles. The van der Waals surface area contributed by atoms with Gasteiger partial charge in [-0.1, -0.05) is 18.7 Å². The molecule has 0 heterocycles. The predicted molar refractivity (Wildman–Crippen MR) is 58.8 cm³/mol. The van der Waals surface area contributed by atoms with Crippen molar-refractivity contribution in [3.05, 3.63) is 41.5 Å². The van der Waals surface area contributed by atoms with Crippen LogP contribution in [0.2, 0.25) is 0 Å². The van der Waals surface area contributed by atoms with Gasteiger partial charge in [-0.25, -0.2) is 4.79 Å². The van der Waals surface area contributed by atoms with Crippen molar-refractivity contribution in [2.24, 2.45) is 0 Å². The van der Waals surface area contributed by atoms with Crippen molar-refractivity contribution in [1.82, 2.24) is 0 Å². The SMILES string of the molecule is C=C(OCC)c1cccc(C(=O)O)c1C. The second-order valence-electron chi connectivity index (χ2n) is 3.14. The number of ether oxygens (including phenoxy) is 1. The van der Waals surface area contributed by atoms with Crippen LogP contribution in [0, 0.1) is 6.92 Å². The van der Waals surface area contributed by atoms with E-state index >= 15 is 0 Å². The summed E-state index contributed by atoms with van der Waals surface area (Å²) < 4.78 is 5.26. The van der Waals surface area contributed by atoms with Crippen molar-refractivity contribution in [2.75, 3.05) is 6.61 Å². The molecule has 15 heavy (non-hydrogen) atoms. The molecule has 1 aromatic rings. The Morgan fingerprint density at radius 1 is 1.47 bits per heavy atom. The Bertz CT molecular complexity index is 394. The number of carbonyl (C=O) groups is 1. The monoisotopic (exact) mass is 206 g/mol. The molecule has 0 aromatic heterocycles. The van der Waals surface area contributed by atoms with Gasteiger partial charge < -0.3 is 9.84 Å². The lowest BCUT2D eigenvalue weighted by Crippen LogP contribution is -2.03. The molecule has 3 heteroatoms. The largest absolute Gasteiger partial charge is 0.494 e. The van der Waals surface area contributed by atoms with Gasteiger partial charge in [-0.05, 0) is 25.5 Å². The lowest BCUT2D eigenvalue weighted by molar-refractivity contribution is 0.0696. The summed E-state index contributed by atoms with van der Waals surface area (Å²) in [6, 6.07) is 5.07. The minimum Gasteiger partial charge on any atom is -0.494 e. The van der Waals surface area contributed by atoms with Crippen LogP contribution in [0.3, 0.4) is 0 Å². The highest BCUT2D eigenvalue weighted by Crippen LogP contribution is 2.21. The van der Waals surface area contributed by atoms with E-state index in [0.29, 0.717) is 17.9 Å². The molecule has 0 amide bonds. The van der Waals surface area contributed by atoms with Crippen LogP contribution in [-0.4, -0.2) is 17.7 Å². The lowest BCUT2D eigenvalue weighted by atomic mass is 10.0. The molecular weight excluding hydrogens is 192 g/mol. The van der Waals surface area contributed by atoms with Crippen LogP contribution >= 0.6 is 0 Å². The molecule has 0 unspecified atom stereocenters. The molecule has 0 bridgehead atoms. The van der Waals surface area contributed by atoms with Crippen molar-refractivity contribution < 1.29 is 14.6 Å². The zero-order valence-electron chi connectivity index (χ0n) is 8.91. The maximum absolute atomic E-state index is 10.9. The maximum Gasteiger partial charge on any atom is 0.335 e. The fourth-order valence-corrected chi connectivity index (χ4v) is 1.42. The molecule has 0 saturated heterocycles. The Labute approximate surface area is 89.0 Å². The van der Waals surface area contributed by atoms with Crippen molar-refractivity contribution in [2.45, 2.75) is 13.8 Å². The van der Waals surface area contributed by atoms with Gasteiger partial charge >= 0.3 is 5.97 Å². The molecule has 0 atom stereocenters. The summed E-state index contributed by atoms with van der Waals surface area (Å²) in [4.78, 5) is 10.9. The molecule has 0 aliphatic heterocycles. The molecule has 0 aliphatic carbocycles. The summed E-state index contributed by atoms with van der Waals surface area (Å²) in [6.07, 6.45) is 0. The molecule has 1 rings (SSSR count). The second-order valence-corrected chi connectivity index (χ2v) is 3.14. The van der Waals surface area contributed by atoms with Crippen LogP contribution < -0.4 is 0 Å². The number of hydrogen-bond acceptors (Lipinski definition) is 2. The normalized spacial score (nSPS) is 9.73. The third kappa shape index (κ3) is 2.37. The highest BCUT2D eigenvalue weighted by Gasteiger charge is 2.11. The van der Waals surface area contributed by atoms with E-state index in [1.54, 1.807) is 25.1 Å². The van der Waals surface area contributed by atoms with E-state index in [2.05, 4.69) is 6.58 Å². The topological polar surface area (TPSA) is 46.5 Å². The molecule has 0 aliphatic rings. The summed E-state index contributed by atoms with van der Waals surface area (Å²) in [6.45, 7) is 7.90. The van der Waals surface area contributed by atoms with Gasteiger partial charge in [0, 0.05) is 5.56 Å². The number of benzene rings is 1. The fraction of sp³-hybridized carbons (Fsp3) is 0.250. The Hall–Kier alpha value is -1.77. The van der Waals surface area contributed by atoms with E-state index in [9.17, 15) is 4.79 Å². The van der Waals surface area contributed by atoms with Crippen LogP contribution in [0.1, 0.15) is 28.4 Å². The lowest BCUT2D eigenvalue weighted by Gasteiger charge is -2.11. The standard InChI is InChI=1S/C12H14O3/c1-4-15-9(3)10-6-5-7-11(8(10)2)12(13)14/h5-7H,3-4H2,1-2H3,(H,13,14). The van der Waals surface area contributed by atoms with Crippen LogP contribution in [0.4, 0.5) is 0 Å². The summed E-state index contributed by atoms with van der Waals surface area (Å²) >= 11 is 0. The molecular formula is C12H14O3. The molecule has 80 valence electrons. The Balaban J connectivity index is 3.15. The van der Waals surface area contributed by atoms with Crippen molar-refractivity contribution in [3.8, 4) is 0 Å². The van der Waals surface area contributed by atoms with Gasteiger partial charge in [0.15, 0.2) is 0 Å². The molecule has 1 N–H and O–H groups in total. The number of carboxylic acids is 1. The smallest absolute Gasteiger partial charge is 0.335 e. The molecule has 0 spiro atoms. The highest BCUT2D eigenvalue weighted by atomic mass is 16.5. The Morgan fingerprint density at radius 2 is 2.07 bits per heavy atom. The molecule has 0 radical (unpaired) electrons. The van der Waals surface area contributed by atoms with Crippen LogP contribution in [-0.2, 0) is 4.74 Å². The van der Waals surface area contributed by atoms with Crippen molar-refractivity contribution >= 4 is 11.7 Å². The first-order valence-corrected chi connectivity index (χ1v) is 4.73.